The van der Waals surface area contributed by atoms with Gasteiger partial charge in [-0.25, -0.2) is 19.3 Å². The van der Waals surface area contributed by atoms with Crippen molar-refractivity contribution in [3.63, 3.8) is 0 Å². The van der Waals surface area contributed by atoms with Gasteiger partial charge in [0.25, 0.3) is 0 Å². The molecule has 2 N–H and O–H groups in total. The Labute approximate surface area is 138 Å². The van der Waals surface area contributed by atoms with Gasteiger partial charge in [-0.2, -0.15) is 0 Å². The van der Waals surface area contributed by atoms with Crippen LogP contribution in [0.2, 0.25) is 0 Å². The summed E-state index contributed by atoms with van der Waals surface area (Å²) in [6, 6.07) is 9.80. The molecule has 0 aliphatic rings. The van der Waals surface area contributed by atoms with E-state index in [1.54, 1.807) is 19.2 Å². The molecule has 3 aromatic rings. The van der Waals surface area contributed by atoms with Crippen molar-refractivity contribution in [1.82, 2.24) is 15.0 Å². The highest BCUT2D eigenvalue weighted by atomic mass is 32.1. The maximum atomic E-state index is 13.1. The van der Waals surface area contributed by atoms with Gasteiger partial charge in [-0.05, 0) is 36.4 Å². The molecule has 0 aliphatic carbocycles. The minimum Gasteiger partial charge on any atom is -0.371 e. The van der Waals surface area contributed by atoms with Crippen LogP contribution in [0.3, 0.4) is 0 Å². The van der Waals surface area contributed by atoms with Crippen LogP contribution in [0.25, 0.3) is 22.3 Å². The monoisotopic (exact) mass is 330 g/mol. The van der Waals surface area contributed by atoms with E-state index in [1.165, 1.54) is 12.1 Å². The minimum absolute atomic E-state index is 0.181. The number of nitrogens with two attached hydrogens (primary N) is 1. The zero-order chi connectivity index (χ0) is 16.4. The standard InChI is InChI=1S/C16H15FN4OS/c1-22-14(23)8-13-15-12(20-16(18)21-13)7-6-11(19-15)9-2-4-10(17)5-3-9/h2-7,14,23H,8H2,1H3,(H2,18,20,21). The van der Waals surface area contributed by atoms with Crippen LogP contribution in [0.1, 0.15) is 5.69 Å². The summed E-state index contributed by atoms with van der Waals surface area (Å²) in [6.45, 7) is 0. The van der Waals surface area contributed by atoms with Crippen molar-refractivity contribution in [3.8, 4) is 11.3 Å². The fraction of sp³-hybridized carbons (Fsp3) is 0.188. The van der Waals surface area contributed by atoms with E-state index in [4.69, 9.17) is 10.5 Å². The fourth-order valence-corrected chi connectivity index (χ4v) is 2.44. The summed E-state index contributed by atoms with van der Waals surface area (Å²) in [7, 11) is 1.57. The normalized spacial score (nSPS) is 12.5. The molecule has 3 rings (SSSR count). The van der Waals surface area contributed by atoms with E-state index in [2.05, 4.69) is 27.6 Å². The van der Waals surface area contributed by atoms with Crippen molar-refractivity contribution in [2.75, 3.05) is 12.8 Å². The minimum atomic E-state index is -0.316. The Balaban J connectivity index is 2.11. The number of nitrogens with zero attached hydrogens (tertiary/aromatic N) is 3. The van der Waals surface area contributed by atoms with Crippen LogP contribution in [0.4, 0.5) is 10.3 Å². The van der Waals surface area contributed by atoms with E-state index in [0.717, 1.165) is 5.56 Å². The van der Waals surface area contributed by atoms with Crippen molar-refractivity contribution >= 4 is 29.6 Å². The molecule has 0 spiro atoms. The SMILES string of the molecule is COC(S)Cc1nc(N)nc2ccc(-c3ccc(F)cc3)nc12. The molecule has 5 nitrogen and oxygen atoms in total. The number of hydrogen-bond donors (Lipinski definition) is 2. The van der Waals surface area contributed by atoms with Crippen LogP contribution >= 0.6 is 12.6 Å². The Bertz CT molecular complexity index is 841. The Morgan fingerprint density at radius 3 is 2.57 bits per heavy atom. The summed E-state index contributed by atoms with van der Waals surface area (Å²) in [6.07, 6.45) is 0.447. The fourth-order valence-electron chi connectivity index (χ4n) is 2.27. The number of halogens is 1. The Morgan fingerprint density at radius 1 is 1.13 bits per heavy atom. The number of benzene rings is 1. The van der Waals surface area contributed by atoms with Crippen LogP contribution in [-0.2, 0) is 11.2 Å². The maximum absolute atomic E-state index is 13.1. The van der Waals surface area contributed by atoms with Crippen molar-refractivity contribution in [2.45, 2.75) is 11.9 Å². The van der Waals surface area contributed by atoms with Gasteiger partial charge in [0.2, 0.25) is 5.95 Å². The van der Waals surface area contributed by atoms with Gasteiger partial charge in [0, 0.05) is 19.1 Å². The first-order chi connectivity index (χ1) is 11.1. The second kappa shape index (κ2) is 6.47. The summed E-state index contributed by atoms with van der Waals surface area (Å²) in [5.41, 5.74) is 8.90. The van der Waals surface area contributed by atoms with Gasteiger partial charge in [0.1, 0.15) is 16.8 Å². The average molecular weight is 330 g/mol. The Morgan fingerprint density at radius 2 is 1.87 bits per heavy atom. The molecule has 23 heavy (non-hydrogen) atoms. The van der Waals surface area contributed by atoms with Crippen LogP contribution < -0.4 is 5.73 Å². The van der Waals surface area contributed by atoms with E-state index in [0.29, 0.717) is 28.8 Å². The number of thiol groups is 1. The quantitative estimate of drug-likeness (QED) is 0.568. The lowest BCUT2D eigenvalue weighted by atomic mass is 10.1. The maximum Gasteiger partial charge on any atom is 0.220 e. The molecular formula is C16H15FN4OS. The largest absolute Gasteiger partial charge is 0.371 e. The van der Waals surface area contributed by atoms with Crippen molar-refractivity contribution in [1.29, 1.82) is 0 Å². The number of fused-ring (bicyclic) bond motifs is 1. The third-order valence-corrected chi connectivity index (χ3v) is 3.81. The van der Waals surface area contributed by atoms with Crippen LogP contribution in [0.5, 0.6) is 0 Å². The van der Waals surface area contributed by atoms with Gasteiger partial charge in [-0.15, -0.1) is 12.6 Å². The van der Waals surface area contributed by atoms with Gasteiger partial charge in [-0.1, -0.05) is 0 Å². The number of anilines is 1. The molecule has 118 valence electrons. The van der Waals surface area contributed by atoms with Crippen molar-refractivity contribution < 1.29 is 9.13 Å². The molecule has 0 aliphatic heterocycles. The smallest absolute Gasteiger partial charge is 0.220 e. The van der Waals surface area contributed by atoms with Crippen LogP contribution in [0.15, 0.2) is 36.4 Å². The molecule has 0 saturated carbocycles. The van der Waals surface area contributed by atoms with E-state index >= 15 is 0 Å². The highest BCUT2D eigenvalue weighted by Crippen LogP contribution is 2.23. The molecule has 0 radical (unpaired) electrons. The van der Waals surface area contributed by atoms with Crippen molar-refractivity contribution in [3.05, 3.63) is 47.9 Å². The third-order valence-electron chi connectivity index (χ3n) is 3.41. The number of ether oxygens (including phenoxy) is 1. The first kappa shape index (κ1) is 15.6. The predicted molar refractivity (Wildman–Crippen MR) is 90.6 cm³/mol. The molecule has 2 heterocycles. The number of methoxy groups -OCH3 is 1. The average Bonchev–Trinajstić information content (AvgIpc) is 2.55. The molecule has 1 aromatic carbocycles. The third kappa shape index (κ3) is 3.40. The van der Waals surface area contributed by atoms with Crippen LogP contribution in [-0.4, -0.2) is 27.5 Å². The molecule has 2 aromatic heterocycles. The number of nitrogen functional groups attached to an aromatic ring is 1. The van der Waals surface area contributed by atoms with Gasteiger partial charge in [0.05, 0.1) is 16.9 Å². The Hall–Kier alpha value is -2.25. The number of hydrogen-bond acceptors (Lipinski definition) is 6. The molecular weight excluding hydrogens is 315 g/mol. The first-order valence-corrected chi connectivity index (χ1v) is 7.48. The highest BCUT2D eigenvalue weighted by Gasteiger charge is 2.13. The topological polar surface area (TPSA) is 73.9 Å². The molecule has 1 atom stereocenters. The van der Waals surface area contributed by atoms with Gasteiger partial charge in [0.15, 0.2) is 0 Å². The number of pyridine rings is 1. The predicted octanol–water partition coefficient (Wildman–Crippen LogP) is 2.86. The first-order valence-electron chi connectivity index (χ1n) is 6.97. The van der Waals surface area contributed by atoms with E-state index < -0.39 is 0 Å². The second-order valence-electron chi connectivity index (χ2n) is 4.99. The lowest BCUT2D eigenvalue weighted by Gasteiger charge is -2.11. The summed E-state index contributed by atoms with van der Waals surface area (Å²) in [5, 5.41) is 0. The van der Waals surface area contributed by atoms with E-state index in [9.17, 15) is 4.39 Å². The molecule has 1 unspecified atom stereocenters. The van der Waals surface area contributed by atoms with Crippen molar-refractivity contribution in [2.24, 2.45) is 0 Å². The van der Waals surface area contributed by atoms with Gasteiger partial charge in [-0.3, -0.25) is 0 Å². The molecule has 0 amide bonds. The summed E-state index contributed by atoms with van der Waals surface area (Å²) >= 11 is 4.32. The van der Waals surface area contributed by atoms with Crippen LogP contribution in [0, 0.1) is 5.82 Å². The zero-order valence-electron chi connectivity index (χ0n) is 12.4. The lowest BCUT2D eigenvalue weighted by molar-refractivity contribution is 0.174. The van der Waals surface area contributed by atoms with Gasteiger partial charge < -0.3 is 10.5 Å². The zero-order valence-corrected chi connectivity index (χ0v) is 13.3. The summed E-state index contributed by atoms with van der Waals surface area (Å²) in [4.78, 5) is 13.1. The lowest BCUT2D eigenvalue weighted by Crippen LogP contribution is -2.10. The van der Waals surface area contributed by atoms with E-state index in [-0.39, 0.29) is 17.2 Å². The molecule has 0 bridgehead atoms. The summed E-state index contributed by atoms with van der Waals surface area (Å²) < 4.78 is 18.2. The molecule has 7 heteroatoms. The molecule has 0 fully saturated rings. The second-order valence-corrected chi connectivity index (χ2v) is 5.57. The summed E-state index contributed by atoms with van der Waals surface area (Å²) in [5.74, 6) is -0.107. The molecule has 0 saturated heterocycles. The van der Waals surface area contributed by atoms with E-state index in [1.807, 2.05) is 12.1 Å². The number of aromatic nitrogens is 3. The number of rotatable bonds is 4. The Kier molecular flexibility index (Phi) is 4.40. The van der Waals surface area contributed by atoms with Gasteiger partial charge >= 0.3 is 0 Å². The highest BCUT2D eigenvalue weighted by molar-refractivity contribution is 7.80.